The molecule has 5 rings (SSSR count). The minimum atomic E-state index is -0.680. The monoisotopic (exact) mass is 556 g/mol. The van der Waals surface area contributed by atoms with E-state index < -0.39 is 11.9 Å². The van der Waals surface area contributed by atoms with E-state index in [-0.39, 0.29) is 22.8 Å². The number of hydrogen-bond donors (Lipinski definition) is 1. The van der Waals surface area contributed by atoms with Crippen molar-refractivity contribution < 1.29 is 13.9 Å². The number of carbonyl (C=O) groups excluding carboxylic acids is 1. The smallest absolute Gasteiger partial charge is 0.254 e. The van der Waals surface area contributed by atoms with Gasteiger partial charge in [-0.2, -0.15) is 0 Å². The maximum absolute atomic E-state index is 14.0. The second kappa shape index (κ2) is 11.5. The second-order valence-corrected chi connectivity index (χ2v) is 10.8. The molecule has 3 aromatic rings. The number of anilines is 1. The Morgan fingerprint density at radius 2 is 1.92 bits per heavy atom. The molecule has 2 fully saturated rings. The Kier molecular flexibility index (Phi) is 8.07. The third-order valence-electron chi connectivity index (χ3n) is 7.42. The summed E-state index contributed by atoms with van der Waals surface area (Å²) in [6, 6.07) is 12.2. The van der Waals surface area contributed by atoms with Crippen molar-refractivity contribution >= 4 is 34.9 Å². The number of carbonyl (C=O) groups is 1. The highest BCUT2D eigenvalue weighted by Gasteiger charge is 2.31. The summed E-state index contributed by atoms with van der Waals surface area (Å²) in [5.41, 5.74) is 8.63. The summed E-state index contributed by atoms with van der Waals surface area (Å²) in [6.45, 7) is 5.70. The van der Waals surface area contributed by atoms with Gasteiger partial charge in [-0.25, -0.2) is 9.37 Å². The van der Waals surface area contributed by atoms with E-state index in [1.165, 1.54) is 25.0 Å². The van der Waals surface area contributed by atoms with E-state index in [4.69, 9.17) is 33.7 Å². The SMILES string of the molecule is CC(Oc1cc(-c2cccc(C(=O)N3CCC[C@@H]3CN3CCCC3)c2)cnc1N)c1c(Cl)ccc(F)c1Cl. The molecule has 2 aliphatic heterocycles. The Morgan fingerprint density at radius 3 is 2.71 bits per heavy atom. The highest BCUT2D eigenvalue weighted by molar-refractivity contribution is 6.36. The van der Waals surface area contributed by atoms with Gasteiger partial charge in [-0.3, -0.25) is 4.79 Å². The standard InChI is InChI=1S/C29H31Cl2FN4O2/c1-18(26-23(30)9-10-24(32)27(26)31)38-25-15-21(16-34-28(25)33)19-6-4-7-20(14-19)29(37)36-13-5-8-22(36)17-35-11-2-3-12-35/h4,6-7,9-10,14-16,18,22H,2-3,5,8,11-13,17H2,1H3,(H2,33,34)/t18?,22-/m1/s1. The largest absolute Gasteiger partial charge is 0.482 e. The normalized spacial score (nSPS) is 18.6. The molecule has 9 heteroatoms. The van der Waals surface area contributed by atoms with Gasteiger partial charge in [0.2, 0.25) is 0 Å². The van der Waals surface area contributed by atoms with Crippen molar-refractivity contribution in [3.8, 4) is 16.9 Å². The molecule has 0 aliphatic carbocycles. The summed E-state index contributed by atoms with van der Waals surface area (Å²) in [5, 5.41) is 0.201. The van der Waals surface area contributed by atoms with Gasteiger partial charge in [0.25, 0.3) is 5.91 Å². The number of rotatable bonds is 7. The van der Waals surface area contributed by atoms with E-state index in [0.717, 1.165) is 50.1 Å². The number of nitrogens with two attached hydrogens (primary N) is 1. The summed E-state index contributed by atoms with van der Waals surface area (Å²) in [4.78, 5) is 22.3. The third kappa shape index (κ3) is 5.60. The summed E-state index contributed by atoms with van der Waals surface area (Å²) < 4.78 is 20.1. The van der Waals surface area contributed by atoms with Crippen LogP contribution in [0.25, 0.3) is 11.1 Å². The van der Waals surface area contributed by atoms with Crippen LogP contribution in [0.1, 0.15) is 54.6 Å². The fraction of sp³-hybridized carbons (Fsp3) is 0.379. The van der Waals surface area contributed by atoms with Gasteiger partial charge in [0, 0.05) is 47.0 Å². The molecule has 3 heterocycles. The maximum Gasteiger partial charge on any atom is 0.254 e. The van der Waals surface area contributed by atoms with Gasteiger partial charge in [0.1, 0.15) is 11.9 Å². The fourth-order valence-corrected chi connectivity index (χ4v) is 6.10. The van der Waals surface area contributed by atoms with Crippen molar-refractivity contribution in [2.45, 2.75) is 44.8 Å². The molecule has 2 N–H and O–H groups in total. The van der Waals surface area contributed by atoms with Gasteiger partial charge in [0.05, 0.1) is 5.02 Å². The Morgan fingerprint density at radius 1 is 1.13 bits per heavy atom. The Hall–Kier alpha value is -2.87. The predicted octanol–water partition coefficient (Wildman–Crippen LogP) is 6.62. The molecule has 2 atom stereocenters. The lowest BCUT2D eigenvalue weighted by atomic mass is 10.0. The van der Waals surface area contributed by atoms with Gasteiger partial charge in [0.15, 0.2) is 11.6 Å². The zero-order valence-electron chi connectivity index (χ0n) is 21.3. The number of halogens is 3. The van der Waals surface area contributed by atoms with E-state index in [2.05, 4.69) is 9.88 Å². The highest BCUT2D eigenvalue weighted by atomic mass is 35.5. The van der Waals surface area contributed by atoms with Crippen molar-refractivity contribution in [3.63, 3.8) is 0 Å². The number of ether oxygens (including phenoxy) is 1. The molecular weight excluding hydrogens is 526 g/mol. The number of hydrogen-bond acceptors (Lipinski definition) is 5. The van der Waals surface area contributed by atoms with E-state index >= 15 is 0 Å². The minimum absolute atomic E-state index is 0.0532. The Balaban J connectivity index is 1.36. The molecular formula is C29H31Cl2FN4O2. The first kappa shape index (κ1) is 26.7. The van der Waals surface area contributed by atoms with Gasteiger partial charge >= 0.3 is 0 Å². The predicted molar refractivity (Wildman–Crippen MR) is 149 cm³/mol. The molecule has 1 aromatic heterocycles. The van der Waals surface area contributed by atoms with Crippen LogP contribution in [0, 0.1) is 5.82 Å². The lowest BCUT2D eigenvalue weighted by Gasteiger charge is -2.28. The number of amides is 1. The van der Waals surface area contributed by atoms with Crippen LogP contribution in [0.2, 0.25) is 10.0 Å². The molecule has 2 aliphatic rings. The first-order valence-electron chi connectivity index (χ1n) is 13.0. The van der Waals surface area contributed by atoms with Gasteiger partial charge in [-0.1, -0.05) is 35.3 Å². The van der Waals surface area contributed by atoms with Crippen LogP contribution >= 0.6 is 23.2 Å². The molecule has 200 valence electrons. The topological polar surface area (TPSA) is 71.7 Å². The van der Waals surface area contributed by atoms with Crippen LogP contribution in [0.5, 0.6) is 5.75 Å². The first-order chi connectivity index (χ1) is 18.3. The molecule has 2 aromatic carbocycles. The van der Waals surface area contributed by atoms with Crippen LogP contribution in [0.3, 0.4) is 0 Å². The van der Waals surface area contributed by atoms with E-state index in [9.17, 15) is 9.18 Å². The van der Waals surface area contributed by atoms with Crippen molar-refractivity contribution in [2.75, 3.05) is 31.9 Å². The average Bonchev–Trinajstić information content (AvgIpc) is 3.60. The second-order valence-electron chi connectivity index (χ2n) is 10.0. The zero-order valence-corrected chi connectivity index (χ0v) is 22.8. The number of benzene rings is 2. The fourth-order valence-electron chi connectivity index (χ4n) is 5.43. The molecule has 0 radical (unpaired) electrons. The van der Waals surface area contributed by atoms with Crippen LogP contribution in [0.15, 0.2) is 48.7 Å². The minimum Gasteiger partial charge on any atom is -0.482 e. The van der Waals surface area contributed by atoms with Crippen molar-refractivity contribution in [3.05, 3.63) is 75.7 Å². The Bertz CT molecular complexity index is 1330. The Labute approximate surface area is 232 Å². The van der Waals surface area contributed by atoms with Crippen molar-refractivity contribution in [1.29, 1.82) is 0 Å². The maximum atomic E-state index is 14.0. The molecule has 38 heavy (non-hydrogen) atoms. The number of nitrogens with zero attached hydrogens (tertiary/aromatic N) is 3. The molecule has 1 unspecified atom stereocenters. The van der Waals surface area contributed by atoms with Crippen molar-refractivity contribution in [1.82, 2.24) is 14.8 Å². The summed E-state index contributed by atoms with van der Waals surface area (Å²) in [6.07, 6.45) is 5.52. The third-order valence-corrected chi connectivity index (χ3v) is 8.13. The number of aromatic nitrogens is 1. The van der Waals surface area contributed by atoms with Crippen LogP contribution in [0.4, 0.5) is 10.2 Å². The number of likely N-dealkylation sites (tertiary alicyclic amines) is 2. The van der Waals surface area contributed by atoms with E-state index in [0.29, 0.717) is 21.9 Å². The quantitative estimate of drug-likeness (QED) is 0.331. The molecule has 2 saturated heterocycles. The van der Waals surface area contributed by atoms with Crippen molar-refractivity contribution in [2.24, 2.45) is 0 Å². The van der Waals surface area contributed by atoms with Gasteiger partial charge < -0.3 is 20.3 Å². The highest BCUT2D eigenvalue weighted by Crippen LogP contribution is 2.37. The van der Waals surface area contributed by atoms with Gasteiger partial charge in [-0.15, -0.1) is 0 Å². The molecule has 0 saturated carbocycles. The lowest BCUT2D eigenvalue weighted by molar-refractivity contribution is 0.0709. The number of nitrogen functional groups attached to an aromatic ring is 1. The zero-order chi connectivity index (χ0) is 26.8. The lowest BCUT2D eigenvalue weighted by Crippen LogP contribution is -2.42. The summed E-state index contributed by atoms with van der Waals surface area (Å²) in [7, 11) is 0. The molecule has 0 bridgehead atoms. The summed E-state index contributed by atoms with van der Waals surface area (Å²) >= 11 is 12.4. The van der Waals surface area contributed by atoms with Crippen LogP contribution in [-0.4, -0.2) is 52.9 Å². The van der Waals surface area contributed by atoms with E-state index in [1.807, 2.05) is 29.2 Å². The van der Waals surface area contributed by atoms with Gasteiger partial charge in [-0.05, 0) is 81.6 Å². The van der Waals surface area contributed by atoms with Crippen LogP contribution in [-0.2, 0) is 0 Å². The molecule has 6 nitrogen and oxygen atoms in total. The number of pyridine rings is 1. The summed E-state index contributed by atoms with van der Waals surface area (Å²) in [5.74, 6) is -0.0346. The van der Waals surface area contributed by atoms with E-state index in [1.54, 1.807) is 19.2 Å². The first-order valence-corrected chi connectivity index (χ1v) is 13.8. The molecule has 1 amide bonds. The van der Waals surface area contributed by atoms with Crippen LogP contribution < -0.4 is 10.5 Å². The molecule has 0 spiro atoms. The average molecular weight is 557 g/mol.